The maximum atomic E-state index is 12.2. The molecule has 8 heteroatoms. The lowest BCUT2D eigenvalue weighted by molar-refractivity contribution is 0.415. The van der Waals surface area contributed by atoms with E-state index in [0.717, 1.165) is 0 Å². The van der Waals surface area contributed by atoms with Crippen LogP contribution in [-0.4, -0.2) is 20.5 Å². The van der Waals surface area contributed by atoms with Crippen molar-refractivity contribution in [3.8, 4) is 5.75 Å². The summed E-state index contributed by atoms with van der Waals surface area (Å²) in [5.74, 6) is 0.365. The number of nitrogens with one attached hydrogen (secondary N) is 1. The monoisotopic (exact) mass is 332 g/mol. The minimum atomic E-state index is -3.82. The predicted octanol–water partition coefficient (Wildman–Crippen LogP) is 3.20. The Morgan fingerprint density at radius 3 is 2.65 bits per heavy atom. The molecule has 2 rings (SSSR count). The van der Waals surface area contributed by atoms with E-state index in [4.69, 9.17) is 27.9 Å². The van der Waals surface area contributed by atoms with Crippen LogP contribution < -0.4 is 9.46 Å². The van der Waals surface area contributed by atoms with Gasteiger partial charge in [-0.1, -0.05) is 23.2 Å². The smallest absolute Gasteiger partial charge is 0.264 e. The summed E-state index contributed by atoms with van der Waals surface area (Å²) in [5.41, 5.74) is 0.311. The maximum absolute atomic E-state index is 12.2. The van der Waals surface area contributed by atoms with Crippen LogP contribution in [-0.2, 0) is 10.0 Å². The zero-order valence-corrected chi connectivity index (χ0v) is 12.6. The molecule has 0 amide bonds. The molecule has 0 fully saturated rings. The number of methoxy groups -OCH3 is 1. The fourth-order valence-corrected chi connectivity index (χ4v) is 3.20. The quantitative estimate of drug-likeness (QED) is 0.873. The summed E-state index contributed by atoms with van der Waals surface area (Å²) >= 11 is 11.7. The molecular formula is C12H10Cl2N2O3S. The summed E-state index contributed by atoms with van der Waals surface area (Å²) in [6.45, 7) is 0. The van der Waals surface area contributed by atoms with Gasteiger partial charge in [-0.3, -0.25) is 4.72 Å². The Morgan fingerprint density at radius 1 is 1.25 bits per heavy atom. The fourth-order valence-electron chi connectivity index (χ4n) is 1.51. The van der Waals surface area contributed by atoms with Crippen LogP contribution in [0, 0.1) is 0 Å². The molecule has 0 unspecified atom stereocenters. The van der Waals surface area contributed by atoms with E-state index in [1.165, 1.54) is 43.6 Å². The van der Waals surface area contributed by atoms with Crippen LogP contribution in [0.3, 0.4) is 0 Å². The molecule has 1 heterocycles. The minimum Gasteiger partial charge on any atom is -0.495 e. The van der Waals surface area contributed by atoms with Crippen molar-refractivity contribution in [2.45, 2.75) is 4.90 Å². The first-order valence-corrected chi connectivity index (χ1v) is 7.65. The Kier molecular flexibility index (Phi) is 4.37. The third-order valence-electron chi connectivity index (χ3n) is 2.42. The van der Waals surface area contributed by atoms with Crippen molar-refractivity contribution in [2.75, 3.05) is 11.8 Å². The molecule has 106 valence electrons. The van der Waals surface area contributed by atoms with Gasteiger partial charge in [0.2, 0.25) is 0 Å². The molecule has 0 aliphatic heterocycles. The highest BCUT2D eigenvalue weighted by Gasteiger charge is 2.19. The van der Waals surface area contributed by atoms with Crippen molar-refractivity contribution in [3.05, 3.63) is 46.7 Å². The van der Waals surface area contributed by atoms with Crippen LogP contribution in [0.2, 0.25) is 10.2 Å². The Bertz CT molecular complexity index is 735. The van der Waals surface area contributed by atoms with Crippen LogP contribution in [0.5, 0.6) is 5.75 Å². The number of aromatic nitrogens is 1. The van der Waals surface area contributed by atoms with E-state index in [0.29, 0.717) is 16.5 Å². The molecule has 0 aliphatic carbocycles. The SMILES string of the molecule is COc1cc(NS(=O)(=O)c2cccnc2Cl)ccc1Cl. The molecule has 20 heavy (non-hydrogen) atoms. The van der Waals surface area contributed by atoms with Crippen molar-refractivity contribution in [1.82, 2.24) is 4.98 Å². The molecule has 1 N–H and O–H groups in total. The second-order valence-electron chi connectivity index (χ2n) is 3.75. The highest BCUT2D eigenvalue weighted by Crippen LogP contribution is 2.29. The van der Waals surface area contributed by atoms with Gasteiger partial charge in [-0.15, -0.1) is 0 Å². The normalized spacial score (nSPS) is 11.2. The Balaban J connectivity index is 2.36. The third-order valence-corrected chi connectivity index (χ3v) is 4.56. The Labute approximate surface area is 126 Å². The van der Waals surface area contributed by atoms with Crippen molar-refractivity contribution in [1.29, 1.82) is 0 Å². The molecule has 0 saturated carbocycles. The lowest BCUT2D eigenvalue weighted by Gasteiger charge is -2.10. The number of ether oxygens (including phenoxy) is 1. The van der Waals surface area contributed by atoms with Gasteiger partial charge in [0.15, 0.2) is 0 Å². The van der Waals surface area contributed by atoms with E-state index in [2.05, 4.69) is 9.71 Å². The maximum Gasteiger partial charge on any atom is 0.264 e. The number of rotatable bonds is 4. The first kappa shape index (κ1) is 14.9. The fraction of sp³-hybridized carbons (Fsp3) is 0.0833. The van der Waals surface area contributed by atoms with Gasteiger partial charge in [0.1, 0.15) is 15.8 Å². The zero-order valence-electron chi connectivity index (χ0n) is 10.3. The van der Waals surface area contributed by atoms with E-state index in [9.17, 15) is 8.42 Å². The molecule has 1 aromatic carbocycles. The number of sulfonamides is 1. The average molecular weight is 333 g/mol. The highest BCUT2D eigenvalue weighted by molar-refractivity contribution is 7.92. The first-order chi connectivity index (χ1) is 9.44. The van der Waals surface area contributed by atoms with E-state index >= 15 is 0 Å². The van der Waals surface area contributed by atoms with Gasteiger partial charge in [-0.05, 0) is 24.3 Å². The van der Waals surface area contributed by atoms with Crippen LogP contribution in [0.25, 0.3) is 0 Å². The van der Waals surface area contributed by atoms with Crippen molar-refractivity contribution >= 4 is 38.9 Å². The summed E-state index contributed by atoms with van der Waals surface area (Å²) < 4.78 is 31.8. The summed E-state index contributed by atoms with van der Waals surface area (Å²) in [6, 6.07) is 7.38. The molecule has 0 atom stereocenters. The van der Waals surface area contributed by atoms with Crippen LogP contribution in [0.1, 0.15) is 0 Å². The standard InChI is InChI=1S/C12H10Cl2N2O3S/c1-19-10-7-8(4-5-9(10)13)16-20(17,18)11-3-2-6-15-12(11)14/h2-7,16H,1H3. The van der Waals surface area contributed by atoms with Gasteiger partial charge < -0.3 is 4.74 Å². The molecule has 2 aromatic rings. The summed E-state index contributed by atoms with van der Waals surface area (Å²) in [4.78, 5) is 3.63. The Hall–Kier alpha value is -1.50. The lowest BCUT2D eigenvalue weighted by atomic mass is 10.3. The summed E-state index contributed by atoms with van der Waals surface area (Å²) in [6.07, 6.45) is 1.41. The highest BCUT2D eigenvalue weighted by atomic mass is 35.5. The van der Waals surface area contributed by atoms with E-state index in [1.54, 1.807) is 0 Å². The second-order valence-corrected chi connectivity index (χ2v) is 6.16. The molecular weight excluding hydrogens is 323 g/mol. The van der Waals surface area contributed by atoms with Gasteiger partial charge in [0, 0.05) is 12.3 Å². The van der Waals surface area contributed by atoms with Crippen LogP contribution in [0.4, 0.5) is 5.69 Å². The lowest BCUT2D eigenvalue weighted by Crippen LogP contribution is -2.13. The molecule has 1 aromatic heterocycles. The van der Waals surface area contributed by atoms with Gasteiger partial charge >= 0.3 is 0 Å². The summed E-state index contributed by atoms with van der Waals surface area (Å²) in [5, 5.41) is 0.288. The molecule has 0 radical (unpaired) electrons. The average Bonchev–Trinajstić information content (AvgIpc) is 2.41. The van der Waals surface area contributed by atoms with E-state index in [-0.39, 0.29) is 10.0 Å². The zero-order chi connectivity index (χ0) is 14.8. The first-order valence-electron chi connectivity index (χ1n) is 5.41. The van der Waals surface area contributed by atoms with Gasteiger partial charge in [0.25, 0.3) is 10.0 Å². The van der Waals surface area contributed by atoms with Crippen molar-refractivity contribution in [3.63, 3.8) is 0 Å². The van der Waals surface area contributed by atoms with Gasteiger partial charge in [-0.2, -0.15) is 0 Å². The number of hydrogen-bond acceptors (Lipinski definition) is 4. The summed E-state index contributed by atoms with van der Waals surface area (Å²) in [7, 11) is -2.38. The number of hydrogen-bond donors (Lipinski definition) is 1. The molecule has 5 nitrogen and oxygen atoms in total. The molecule has 0 spiro atoms. The molecule has 0 aliphatic rings. The number of pyridine rings is 1. The topological polar surface area (TPSA) is 68.3 Å². The molecule has 0 saturated heterocycles. The third kappa shape index (κ3) is 3.15. The van der Waals surface area contributed by atoms with Crippen molar-refractivity contribution < 1.29 is 13.2 Å². The van der Waals surface area contributed by atoms with Gasteiger partial charge in [0.05, 0.1) is 17.8 Å². The van der Waals surface area contributed by atoms with E-state index in [1.807, 2.05) is 0 Å². The Morgan fingerprint density at radius 2 is 2.00 bits per heavy atom. The number of halogens is 2. The minimum absolute atomic E-state index is 0.0964. The largest absolute Gasteiger partial charge is 0.495 e. The van der Waals surface area contributed by atoms with E-state index < -0.39 is 10.0 Å². The predicted molar refractivity (Wildman–Crippen MR) is 78.1 cm³/mol. The van der Waals surface area contributed by atoms with Gasteiger partial charge in [-0.25, -0.2) is 13.4 Å². The van der Waals surface area contributed by atoms with Crippen LogP contribution in [0.15, 0.2) is 41.4 Å². The van der Waals surface area contributed by atoms with Crippen molar-refractivity contribution in [2.24, 2.45) is 0 Å². The number of anilines is 1. The molecule has 0 bridgehead atoms. The number of nitrogens with zero attached hydrogens (tertiary/aromatic N) is 1. The number of benzene rings is 1. The second kappa shape index (κ2) is 5.87. The van der Waals surface area contributed by atoms with Crippen LogP contribution >= 0.6 is 23.2 Å².